The third-order valence-corrected chi connectivity index (χ3v) is 2.77. The van der Waals surface area contributed by atoms with Gasteiger partial charge in [0.1, 0.15) is 6.54 Å². The Labute approximate surface area is 116 Å². The van der Waals surface area contributed by atoms with Crippen LogP contribution in [0.25, 0.3) is 0 Å². The average molecular weight is 338 g/mol. The first kappa shape index (κ1) is 15.6. The van der Waals surface area contributed by atoms with Gasteiger partial charge in [-0.3, -0.25) is 4.79 Å². The van der Waals surface area contributed by atoms with Crippen molar-refractivity contribution in [3.8, 4) is 0 Å². The summed E-state index contributed by atoms with van der Waals surface area (Å²) in [7, 11) is 0. The van der Waals surface area contributed by atoms with E-state index >= 15 is 0 Å². The summed E-state index contributed by atoms with van der Waals surface area (Å²) in [4.78, 5) is 11.8. The van der Waals surface area contributed by atoms with Crippen molar-refractivity contribution in [2.45, 2.75) is 6.18 Å². The molecule has 0 amide bonds. The number of hydrogen-bond donors (Lipinski definition) is 1. The third-order valence-electron chi connectivity index (χ3n) is 2.28. The Hall–Kier alpha value is -1.50. The molecule has 3 nitrogen and oxygen atoms in total. The van der Waals surface area contributed by atoms with Gasteiger partial charge in [0.15, 0.2) is 0 Å². The van der Waals surface area contributed by atoms with E-state index in [1.165, 1.54) is 18.2 Å². The highest BCUT2D eigenvalue weighted by molar-refractivity contribution is 9.10. The van der Waals surface area contributed by atoms with Crippen molar-refractivity contribution in [1.29, 1.82) is 0 Å². The van der Waals surface area contributed by atoms with Crippen molar-refractivity contribution in [2.75, 3.05) is 18.0 Å². The smallest absolute Gasteiger partial charge is 0.418 e. The Morgan fingerprint density at radius 2 is 2.11 bits per heavy atom. The number of benzene rings is 1. The summed E-state index contributed by atoms with van der Waals surface area (Å²) in [6.45, 7) is 2.90. The number of alkyl halides is 3. The number of rotatable bonds is 5. The van der Waals surface area contributed by atoms with Crippen LogP contribution in [0.5, 0.6) is 0 Å². The van der Waals surface area contributed by atoms with Crippen LogP contribution in [0.3, 0.4) is 0 Å². The summed E-state index contributed by atoms with van der Waals surface area (Å²) in [6.07, 6.45) is -3.21. The second-order valence-corrected chi connectivity index (χ2v) is 4.64. The number of halogens is 4. The number of carboxylic acid groups (broad SMARTS) is 1. The van der Waals surface area contributed by atoms with Crippen molar-refractivity contribution in [3.63, 3.8) is 0 Å². The summed E-state index contributed by atoms with van der Waals surface area (Å²) in [5, 5.41) is 8.75. The summed E-state index contributed by atoms with van der Waals surface area (Å²) in [6, 6.07) is 3.59. The maximum Gasteiger partial charge on any atom is 0.418 e. The van der Waals surface area contributed by atoms with Crippen LogP contribution in [-0.4, -0.2) is 24.2 Å². The Bertz CT molecular complexity index is 488. The second kappa shape index (κ2) is 6.10. The number of carboxylic acids is 1. The van der Waals surface area contributed by atoms with Crippen molar-refractivity contribution in [1.82, 2.24) is 0 Å². The quantitative estimate of drug-likeness (QED) is 0.835. The maximum atomic E-state index is 12.9. The molecule has 0 aliphatic rings. The molecule has 0 spiro atoms. The van der Waals surface area contributed by atoms with Crippen LogP contribution in [0.15, 0.2) is 35.3 Å². The van der Waals surface area contributed by atoms with E-state index in [1.807, 2.05) is 0 Å². The first-order valence-corrected chi connectivity index (χ1v) is 5.99. The van der Waals surface area contributed by atoms with Crippen molar-refractivity contribution >= 4 is 27.6 Å². The van der Waals surface area contributed by atoms with Gasteiger partial charge in [0.05, 0.1) is 5.56 Å². The highest BCUT2D eigenvalue weighted by atomic mass is 79.9. The van der Waals surface area contributed by atoms with Crippen LogP contribution in [0, 0.1) is 0 Å². The highest BCUT2D eigenvalue weighted by Gasteiger charge is 2.35. The summed E-state index contributed by atoms with van der Waals surface area (Å²) in [5.41, 5.74) is -1.07. The number of hydrogen-bond acceptors (Lipinski definition) is 2. The van der Waals surface area contributed by atoms with Gasteiger partial charge >= 0.3 is 12.1 Å². The summed E-state index contributed by atoms with van der Waals surface area (Å²) in [5.74, 6) is -1.21. The Balaban J connectivity index is 3.29. The van der Waals surface area contributed by atoms with E-state index in [0.717, 1.165) is 11.0 Å². The second-order valence-electron chi connectivity index (χ2n) is 3.72. The van der Waals surface area contributed by atoms with E-state index < -0.39 is 24.3 Å². The molecule has 0 bridgehead atoms. The fourth-order valence-electron chi connectivity index (χ4n) is 1.58. The molecule has 1 aromatic rings. The fraction of sp³-hybridized carbons (Fsp3) is 0.250. The average Bonchev–Trinajstić information content (AvgIpc) is 2.26. The molecule has 0 heterocycles. The molecule has 1 N–H and O–H groups in total. The standard InChI is InChI=1S/C12H11BrF3NO2/c1-2-5-17(7-11(18)19)10-4-3-8(13)6-9(10)12(14,15)16/h2-4,6H,1,5,7H2,(H,18,19). The van der Waals surface area contributed by atoms with Crippen molar-refractivity contribution < 1.29 is 23.1 Å². The van der Waals surface area contributed by atoms with E-state index in [9.17, 15) is 18.0 Å². The Morgan fingerprint density at radius 1 is 1.47 bits per heavy atom. The van der Waals surface area contributed by atoms with E-state index in [1.54, 1.807) is 0 Å². The van der Waals surface area contributed by atoms with E-state index in [0.29, 0.717) is 0 Å². The fourth-order valence-corrected chi connectivity index (χ4v) is 1.94. The largest absolute Gasteiger partial charge is 0.480 e. The molecule has 0 saturated heterocycles. The normalized spacial score (nSPS) is 11.2. The number of carbonyl (C=O) groups is 1. The molecule has 7 heteroatoms. The minimum atomic E-state index is -4.56. The van der Waals surface area contributed by atoms with E-state index in [2.05, 4.69) is 22.5 Å². The Kier molecular flexibility index (Phi) is 4.99. The van der Waals surface area contributed by atoms with Crippen LogP contribution in [0.1, 0.15) is 5.56 Å². The number of aliphatic carboxylic acids is 1. The van der Waals surface area contributed by atoms with Crippen LogP contribution in [-0.2, 0) is 11.0 Å². The predicted octanol–water partition coefficient (Wildman–Crippen LogP) is 3.54. The summed E-state index contributed by atoms with van der Waals surface area (Å²) >= 11 is 2.97. The van der Waals surface area contributed by atoms with Crippen LogP contribution >= 0.6 is 15.9 Å². The lowest BCUT2D eigenvalue weighted by Gasteiger charge is -2.25. The predicted molar refractivity (Wildman–Crippen MR) is 69.2 cm³/mol. The van der Waals surface area contributed by atoms with E-state index in [-0.39, 0.29) is 16.7 Å². The van der Waals surface area contributed by atoms with Crippen LogP contribution in [0.4, 0.5) is 18.9 Å². The number of anilines is 1. The van der Waals surface area contributed by atoms with Crippen molar-refractivity contribution in [3.05, 3.63) is 40.9 Å². The molecular formula is C12H11BrF3NO2. The lowest BCUT2D eigenvalue weighted by atomic mass is 10.1. The van der Waals surface area contributed by atoms with Gasteiger partial charge in [0, 0.05) is 16.7 Å². The molecule has 104 valence electrons. The molecule has 0 radical (unpaired) electrons. The monoisotopic (exact) mass is 337 g/mol. The maximum absolute atomic E-state index is 12.9. The molecule has 0 aliphatic heterocycles. The SMILES string of the molecule is C=CCN(CC(=O)O)c1ccc(Br)cc1C(F)(F)F. The van der Waals surface area contributed by atoms with Gasteiger partial charge in [-0.2, -0.15) is 13.2 Å². The zero-order chi connectivity index (χ0) is 14.6. The van der Waals surface area contributed by atoms with Crippen molar-refractivity contribution in [2.24, 2.45) is 0 Å². The first-order valence-electron chi connectivity index (χ1n) is 5.20. The minimum Gasteiger partial charge on any atom is -0.480 e. The van der Waals surface area contributed by atoms with Gasteiger partial charge in [0.25, 0.3) is 0 Å². The molecule has 0 fully saturated rings. The van der Waals surface area contributed by atoms with Gasteiger partial charge in [-0.15, -0.1) is 6.58 Å². The lowest BCUT2D eigenvalue weighted by molar-refractivity contribution is -0.138. The highest BCUT2D eigenvalue weighted by Crippen LogP contribution is 2.38. The molecular weight excluding hydrogens is 327 g/mol. The Morgan fingerprint density at radius 3 is 2.58 bits per heavy atom. The molecule has 1 aromatic carbocycles. The molecule has 0 atom stereocenters. The zero-order valence-corrected chi connectivity index (χ0v) is 11.3. The van der Waals surface area contributed by atoms with Gasteiger partial charge in [0.2, 0.25) is 0 Å². The van der Waals surface area contributed by atoms with E-state index in [4.69, 9.17) is 5.11 Å². The minimum absolute atomic E-state index is 0.0109. The zero-order valence-electron chi connectivity index (χ0n) is 9.75. The molecule has 19 heavy (non-hydrogen) atoms. The third kappa shape index (κ3) is 4.27. The number of nitrogens with zero attached hydrogens (tertiary/aromatic N) is 1. The van der Waals surface area contributed by atoms with Crippen LogP contribution < -0.4 is 4.90 Å². The van der Waals surface area contributed by atoms with Gasteiger partial charge in [-0.05, 0) is 18.2 Å². The van der Waals surface area contributed by atoms with Gasteiger partial charge < -0.3 is 10.0 Å². The molecule has 0 unspecified atom stereocenters. The summed E-state index contributed by atoms with van der Waals surface area (Å²) < 4.78 is 39.1. The topological polar surface area (TPSA) is 40.5 Å². The molecule has 1 rings (SSSR count). The van der Waals surface area contributed by atoms with Gasteiger partial charge in [-0.25, -0.2) is 0 Å². The lowest BCUT2D eigenvalue weighted by Crippen LogP contribution is -2.31. The molecule has 0 aliphatic carbocycles. The van der Waals surface area contributed by atoms with Crippen LogP contribution in [0.2, 0.25) is 0 Å². The first-order chi connectivity index (χ1) is 8.75. The molecule has 0 saturated carbocycles. The molecule has 0 aromatic heterocycles. The van der Waals surface area contributed by atoms with Gasteiger partial charge in [-0.1, -0.05) is 22.0 Å².